The van der Waals surface area contributed by atoms with E-state index in [1.807, 2.05) is 13.0 Å². The lowest BCUT2D eigenvalue weighted by Crippen LogP contribution is -2.14. The van der Waals surface area contributed by atoms with Gasteiger partial charge in [0.15, 0.2) is 0 Å². The second-order valence-electron chi connectivity index (χ2n) is 5.78. The fourth-order valence-corrected chi connectivity index (χ4v) is 4.52. The fraction of sp³-hybridized carbons (Fsp3) is 0.692. The maximum Gasteiger partial charge on any atom is 0.134 e. The molecule has 2 bridgehead atoms. The lowest BCUT2D eigenvalue weighted by atomic mass is 10.0. The fourth-order valence-electron chi connectivity index (χ4n) is 4.29. The van der Waals surface area contributed by atoms with Crippen molar-refractivity contribution in [3.63, 3.8) is 0 Å². The van der Waals surface area contributed by atoms with Gasteiger partial charge in [-0.3, -0.25) is 0 Å². The molecule has 4 atom stereocenters. The standard InChI is InChI=1S/C13H16ClN3/c1-6-15-9(14)5-10(16-6)17-13-11-7-2-3-8(4-7)12(11)13/h5,7-8,11-13H,2-4H2,1H3,(H,15,16,17). The predicted octanol–water partition coefficient (Wildman–Crippen LogP) is 2.89. The molecule has 0 aromatic carbocycles. The van der Waals surface area contributed by atoms with Crippen LogP contribution < -0.4 is 5.32 Å². The summed E-state index contributed by atoms with van der Waals surface area (Å²) in [7, 11) is 0. The van der Waals surface area contributed by atoms with Crippen molar-refractivity contribution in [1.82, 2.24) is 9.97 Å². The second-order valence-corrected chi connectivity index (χ2v) is 6.17. The predicted molar refractivity (Wildman–Crippen MR) is 67.0 cm³/mol. The van der Waals surface area contributed by atoms with Crippen LogP contribution in [0.15, 0.2) is 6.07 Å². The zero-order valence-corrected chi connectivity index (χ0v) is 10.6. The van der Waals surface area contributed by atoms with Gasteiger partial charge in [-0.25, -0.2) is 9.97 Å². The van der Waals surface area contributed by atoms with Crippen molar-refractivity contribution in [3.05, 3.63) is 17.0 Å². The van der Waals surface area contributed by atoms with Crippen molar-refractivity contribution in [3.8, 4) is 0 Å². The van der Waals surface area contributed by atoms with E-state index in [0.29, 0.717) is 11.2 Å². The van der Waals surface area contributed by atoms with Gasteiger partial charge < -0.3 is 5.32 Å². The molecule has 0 aliphatic heterocycles. The molecule has 0 saturated heterocycles. The Balaban J connectivity index is 1.52. The molecule has 3 nitrogen and oxygen atoms in total. The summed E-state index contributed by atoms with van der Waals surface area (Å²) < 4.78 is 0. The second kappa shape index (κ2) is 3.35. The first-order chi connectivity index (χ1) is 8.22. The van der Waals surface area contributed by atoms with E-state index in [0.717, 1.165) is 35.3 Å². The minimum Gasteiger partial charge on any atom is -0.367 e. The Morgan fingerprint density at radius 3 is 2.59 bits per heavy atom. The van der Waals surface area contributed by atoms with Crippen LogP contribution in [0.5, 0.6) is 0 Å². The molecule has 1 aromatic rings. The highest BCUT2D eigenvalue weighted by Crippen LogP contribution is 2.66. The van der Waals surface area contributed by atoms with Crippen molar-refractivity contribution in [2.24, 2.45) is 23.7 Å². The maximum absolute atomic E-state index is 5.95. The van der Waals surface area contributed by atoms with Gasteiger partial charge in [0.05, 0.1) is 0 Å². The highest BCUT2D eigenvalue weighted by atomic mass is 35.5. The van der Waals surface area contributed by atoms with Gasteiger partial charge in [0.25, 0.3) is 0 Å². The molecule has 90 valence electrons. The topological polar surface area (TPSA) is 37.8 Å². The molecule has 3 fully saturated rings. The molecule has 1 heterocycles. The first-order valence-electron chi connectivity index (χ1n) is 6.50. The number of nitrogens with zero attached hydrogens (tertiary/aromatic N) is 2. The Hall–Kier alpha value is -0.830. The molecular weight excluding hydrogens is 234 g/mol. The summed E-state index contributed by atoms with van der Waals surface area (Å²) in [6.45, 7) is 1.88. The van der Waals surface area contributed by atoms with Crippen molar-refractivity contribution >= 4 is 17.4 Å². The van der Waals surface area contributed by atoms with E-state index in [9.17, 15) is 0 Å². The molecule has 0 amide bonds. The SMILES string of the molecule is Cc1nc(Cl)cc(NC2C3C4CCC(C4)C23)n1. The lowest BCUT2D eigenvalue weighted by molar-refractivity contribution is 0.456. The molecule has 4 unspecified atom stereocenters. The van der Waals surface area contributed by atoms with Crippen LogP contribution in [0.25, 0.3) is 0 Å². The Bertz CT molecular complexity index is 439. The first kappa shape index (κ1) is 10.1. The third-order valence-corrected chi connectivity index (χ3v) is 5.05. The molecule has 3 aliphatic rings. The average Bonchev–Trinajstić information content (AvgIpc) is 2.69. The monoisotopic (exact) mass is 249 g/mol. The molecule has 1 N–H and O–H groups in total. The van der Waals surface area contributed by atoms with Crippen molar-refractivity contribution < 1.29 is 0 Å². The number of aromatic nitrogens is 2. The highest BCUT2D eigenvalue weighted by Gasteiger charge is 2.65. The van der Waals surface area contributed by atoms with Gasteiger partial charge in [0.2, 0.25) is 0 Å². The van der Waals surface area contributed by atoms with Gasteiger partial charge in [0.1, 0.15) is 16.8 Å². The van der Waals surface area contributed by atoms with Crippen molar-refractivity contribution in [2.75, 3.05) is 5.32 Å². The number of aryl methyl sites for hydroxylation is 1. The summed E-state index contributed by atoms with van der Waals surface area (Å²) in [6.07, 6.45) is 4.39. The zero-order valence-electron chi connectivity index (χ0n) is 9.86. The van der Waals surface area contributed by atoms with Gasteiger partial charge in [-0.15, -0.1) is 0 Å². The van der Waals surface area contributed by atoms with Gasteiger partial charge in [0, 0.05) is 12.1 Å². The minimum atomic E-state index is 0.536. The maximum atomic E-state index is 5.95. The summed E-state index contributed by atoms with van der Waals surface area (Å²) in [5, 5.41) is 4.10. The van der Waals surface area contributed by atoms with Gasteiger partial charge >= 0.3 is 0 Å². The summed E-state index contributed by atoms with van der Waals surface area (Å²) in [5.41, 5.74) is 0. The summed E-state index contributed by atoms with van der Waals surface area (Å²) >= 11 is 5.95. The first-order valence-corrected chi connectivity index (χ1v) is 6.88. The van der Waals surface area contributed by atoms with E-state index in [-0.39, 0.29) is 0 Å². The number of nitrogens with one attached hydrogen (secondary N) is 1. The van der Waals surface area contributed by atoms with E-state index in [4.69, 9.17) is 11.6 Å². The summed E-state index contributed by atoms with van der Waals surface area (Å²) in [6, 6.07) is 2.50. The summed E-state index contributed by atoms with van der Waals surface area (Å²) in [5.74, 6) is 5.46. The molecule has 3 saturated carbocycles. The minimum absolute atomic E-state index is 0.536. The van der Waals surface area contributed by atoms with E-state index in [1.54, 1.807) is 0 Å². The van der Waals surface area contributed by atoms with Gasteiger partial charge in [-0.1, -0.05) is 11.6 Å². The number of rotatable bonds is 2. The third kappa shape index (κ3) is 1.48. The van der Waals surface area contributed by atoms with E-state index >= 15 is 0 Å². The molecular formula is C13H16ClN3. The van der Waals surface area contributed by atoms with Crippen LogP contribution in [0.4, 0.5) is 5.82 Å². The molecule has 3 aliphatic carbocycles. The number of halogens is 1. The van der Waals surface area contributed by atoms with Crippen molar-refractivity contribution in [1.29, 1.82) is 0 Å². The summed E-state index contributed by atoms with van der Waals surface area (Å²) in [4.78, 5) is 8.50. The highest BCUT2D eigenvalue weighted by molar-refractivity contribution is 6.29. The van der Waals surface area contributed by atoms with E-state index < -0.39 is 0 Å². The van der Waals surface area contributed by atoms with Crippen LogP contribution in [0, 0.1) is 30.6 Å². The smallest absolute Gasteiger partial charge is 0.134 e. The Labute approximate surface area is 106 Å². The Kier molecular flexibility index (Phi) is 1.99. The number of fused-ring (bicyclic) bond motifs is 5. The Morgan fingerprint density at radius 1 is 1.24 bits per heavy atom. The van der Waals surface area contributed by atoms with Crippen molar-refractivity contribution in [2.45, 2.75) is 32.2 Å². The van der Waals surface area contributed by atoms with Crippen LogP contribution in [0.1, 0.15) is 25.1 Å². The quantitative estimate of drug-likeness (QED) is 0.819. The van der Waals surface area contributed by atoms with E-state index in [2.05, 4.69) is 15.3 Å². The normalized spacial score (nSPS) is 41.4. The molecule has 0 spiro atoms. The van der Waals surface area contributed by atoms with Crippen LogP contribution in [0.3, 0.4) is 0 Å². The van der Waals surface area contributed by atoms with Crippen LogP contribution in [-0.2, 0) is 0 Å². The number of anilines is 1. The average molecular weight is 250 g/mol. The zero-order chi connectivity index (χ0) is 11.6. The molecule has 1 aromatic heterocycles. The Morgan fingerprint density at radius 2 is 1.94 bits per heavy atom. The van der Waals surface area contributed by atoms with Gasteiger partial charge in [-0.2, -0.15) is 0 Å². The van der Waals surface area contributed by atoms with Crippen LogP contribution in [-0.4, -0.2) is 16.0 Å². The van der Waals surface area contributed by atoms with Crippen LogP contribution >= 0.6 is 11.6 Å². The largest absolute Gasteiger partial charge is 0.367 e. The third-order valence-electron chi connectivity index (χ3n) is 4.86. The molecule has 17 heavy (non-hydrogen) atoms. The molecule has 4 rings (SSSR count). The number of hydrogen-bond donors (Lipinski definition) is 1. The molecule has 0 radical (unpaired) electrons. The lowest BCUT2D eigenvalue weighted by Gasteiger charge is -2.11. The molecule has 4 heteroatoms. The van der Waals surface area contributed by atoms with E-state index in [1.165, 1.54) is 19.3 Å². The number of hydrogen-bond acceptors (Lipinski definition) is 3. The van der Waals surface area contributed by atoms with Crippen LogP contribution in [0.2, 0.25) is 5.15 Å². The van der Waals surface area contributed by atoms with Gasteiger partial charge in [-0.05, 0) is 49.9 Å².